The molecule has 1 heterocycles. The van der Waals surface area contributed by atoms with Crippen LogP contribution in [0.1, 0.15) is 41.2 Å². The van der Waals surface area contributed by atoms with Crippen LogP contribution in [0.25, 0.3) is 0 Å². The molecular weight excluding hydrogens is 286 g/mol. The maximum Gasteiger partial charge on any atom is 0.231 e. The molecule has 108 valence electrons. The Labute approximate surface area is 128 Å². The monoisotopic (exact) mass is 301 g/mol. The van der Waals surface area contributed by atoms with E-state index < -0.39 is 6.10 Å². The first-order valence-corrected chi connectivity index (χ1v) is 7.24. The van der Waals surface area contributed by atoms with Crippen molar-refractivity contribution in [2.24, 2.45) is 0 Å². The summed E-state index contributed by atoms with van der Waals surface area (Å²) in [6.45, 7) is 3.83. The van der Waals surface area contributed by atoms with E-state index in [1.807, 2.05) is 32.0 Å². The fourth-order valence-electron chi connectivity index (χ4n) is 2.77. The van der Waals surface area contributed by atoms with Crippen LogP contribution in [-0.4, -0.2) is 11.0 Å². The van der Waals surface area contributed by atoms with E-state index >= 15 is 0 Å². The lowest BCUT2D eigenvalue weighted by Crippen LogP contribution is -2.09. The van der Waals surface area contributed by atoms with Gasteiger partial charge in [-0.25, -0.2) is 0 Å². The molecule has 2 N–H and O–H groups in total. The van der Waals surface area contributed by atoms with Gasteiger partial charge in [0.05, 0.1) is 11.6 Å². The van der Waals surface area contributed by atoms with Crippen molar-refractivity contribution in [3.63, 3.8) is 0 Å². The Balaban J connectivity index is 2.11. The topological polar surface area (TPSA) is 49.3 Å². The number of carbonyl (C=O) groups excluding carboxylic acids is 1. The number of aliphatic hydroxyl groups excluding tert-OH is 1. The SMILES string of the molecule is Cc1cc2c(c(C(O)c3cccc(Cl)c3)c1)NC(=O)C2C. The molecular formula is C17H16ClNO2. The van der Waals surface area contributed by atoms with Crippen molar-refractivity contribution in [3.8, 4) is 0 Å². The molecule has 0 aromatic heterocycles. The molecule has 3 rings (SSSR count). The minimum Gasteiger partial charge on any atom is -0.384 e. The number of hydrogen-bond donors (Lipinski definition) is 2. The van der Waals surface area contributed by atoms with Crippen molar-refractivity contribution in [1.29, 1.82) is 0 Å². The quantitative estimate of drug-likeness (QED) is 0.886. The molecule has 2 aromatic carbocycles. The number of anilines is 1. The molecule has 0 fully saturated rings. The largest absolute Gasteiger partial charge is 0.384 e. The van der Waals surface area contributed by atoms with Gasteiger partial charge in [0.1, 0.15) is 6.10 Å². The average Bonchev–Trinajstić information content (AvgIpc) is 2.73. The van der Waals surface area contributed by atoms with Crippen LogP contribution in [0.15, 0.2) is 36.4 Å². The van der Waals surface area contributed by atoms with E-state index in [1.165, 1.54) is 0 Å². The van der Waals surface area contributed by atoms with Gasteiger partial charge in [-0.05, 0) is 37.1 Å². The van der Waals surface area contributed by atoms with Gasteiger partial charge < -0.3 is 10.4 Å². The Hall–Kier alpha value is -1.84. The first-order valence-electron chi connectivity index (χ1n) is 6.86. The summed E-state index contributed by atoms with van der Waals surface area (Å²) in [5.41, 5.74) is 4.11. The summed E-state index contributed by atoms with van der Waals surface area (Å²) in [5.74, 6) is -0.222. The first-order chi connectivity index (χ1) is 9.97. The zero-order valence-corrected chi connectivity index (χ0v) is 12.6. The number of nitrogens with one attached hydrogen (secondary N) is 1. The minimum atomic E-state index is -0.817. The Morgan fingerprint density at radius 3 is 2.76 bits per heavy atom. The third kappa shape index (κ3) is 2.43. The number of aliphatic hydroxyl groups is 1. The summed E-state index contributed by atoms with van der Waals surface area (Å²) >= 11 is 5.99. The van der Waals surface area contributed by atoms with E-state index in [-0.39, 0.29) is 11.8 Å². The van der Waals surface area contributed by atoms with E-state index in [4.69, 9.17) is 11.6 Å². The number of fused-ring (bicyclic) bond motifs is 1. The van der Waals surface area contributed by atoms with Crippen LogP contribution in [-0.2, 0) is 4.79 Å². The predicted molar refractivity (Wildman–Crippen MR) is 83.7 cm³/mol. The van der Waals surface area contributed by atoms with Gasteiger partial charge in [-0.3, -0.25) is 4.79 Å². The van der Waals surface area contributed by atoms with Gasteiger partial charge in [-0.15, -0.1) is 0 Å². The molecule has 2 atom stereocenters. The van der Waals surface area contributed by atoms with Gasteiger partial charge in [0, 0.05) is 10.6 Å². The van der Waals surface area contributed by atoms with E-state index in [2.05, 4.69) is 5.32 Å². The summed E-state index contributed by atoms with van der Waals surface area (Å²) in [5, 5.41) is 14.1. The zero-order chi connectivity index (χ0) is 15.1. The van der Waals surface area contributed by atoms with Crippen LogP contribution in [0.3, 0.4) is 0 Å². The first kappa shape index (κ1) is 14.1. The molecule has 1 aliphatic rings. The van der Waals surface area contributed by atoms with Gasteiger partial charge in [0.15, 0.2) is 0 Å². The van der Waals surface area contributed by atoms with E-state index in [1.54, 1.807) is 18.2 Å². The second-order valence-corrected chi connectivity index (χ2v) is 5.92. The molecule has 0 saturated heterocycles. The highest BCUT2D eigenvalue weighted by Crippen LogP contribution is 2.40. The fourth-order valence-corrected chi connectivity index (χ4v) is 2.97. The number of amides is 1. The van der Waals surface area contributed by atoms with Crippen molar-refractivity contribution in [1.82, 2.24) is 0 Å². The van der Waals surface area contributed by atoms with Crippen molar-refractivity contribution in [3.05, 3.63) is 63.7 Å². The number of aryl methyl sites for hydroxylation is 1. The second-order valence-electron chi connectivity index (χ2n) is 5.49. The van der Waals surface area contributed by atoms with Crippen LogP contribution >= 0.6 is 11.6 Å². The average molecular weight is 302 g/mol. The summed E-state index contributed by atoms with van der Waals surface area (Å²) < 4.78 is 0. The van der Waals surface area contributed by atoms with Crippen LogP contribution in [0, 0.1) is 6.92 Å². The summed E-state index contributed by atoms with van der Waals surface area (Å²) in [4.78, 5) is 11.9. The third-order valence-corrected chi connectivity index (χ3v) is 4.15. The highest BCUT2D eigenvalue weighted by atomic mass is 35.5. The molecule has 0 bridgehead atoms. The number of carbonyl (C=O) groups is 1. The lowest BCUT2D eigenvalue weighted by atomic mass is 9.93. The normalized spacial score (nSPS) is 18.3. The Kier molecular flexibility index (Phi) is 3.47. The van der Waals surface area contributed by atoms with Gasteiger partial charge >= 0.3 is 0 Å². The Bertz CT molecular complexity index is 727. The maximum absolute atomic E-state index is 11.9. The third-order valence-electron chi connectivity index (χ3n) is 3.91. The summed E-state index contributed by atoms with van der Waals surface area (Å²) in [6.07, 6.45) is -0.817. The standard InChI is InChI=1S/C17H16ClNO2/c1-9-6-13-10(2)17(21)19-15(13)14(7-9)16(20)11-4-3-5-12(18)8-11/h3-8,10,16,20H,1-2H3,(H,19,21). The molecule has 1 amide bonds. The fraction of sp³-hybridized carbons (Fsp3) is 0.235. The van der Waals surface area contributed by atoms with Gasteiger partial charge in [0.2, 0.25) is 5.91 Å². The summed E-state index contributed by atoms with van der Waals surface area (Å²) in [7, 11) is 0. The van der Waals surface area contributed by atoms with Crippen molar-refractivity contribution in [2.45, 2.75) is 25.9 Å². The van der Waals surface area contributed by atoms with Gasteiger partial charge in [-0.1, -0.05) is 41.4 Å². The molecule has 1 aliphatic heterocycles. The molecule has 0 spiro atoms. The smallest absolute Gasteiger partial charge is 0.231 e. The number of halogens is 1. The molecule has 3 nitrogen and oxygen atoms in total. The minimum absolute atomic E-state index is 0.0323. The lowest BCUT2D eigenvalue weighted by molar-refractivity contribution is -0.116. The maximum atomic E-state index is 11.9. The summed E-state index contributed by atoms with van der Waals surface area (Å²) in [6, 6.07) is 11.0. The molecule has 21 heavy (non-hydrogen) atoms. The highest BCUT2D eigenvalue weighted by Gasteiger charge is 2.30. The molecule has 0 aliphatic carbocycles. The molecule has 0 saturated carbocycles. The Morgan fingerprint density at radius 1 is 1.29 bits per heavy atom. The molecule has 0 radical (unpaired) electrons. The number of hydrogen-bond acceptors (Lipinski definition) is 2. The zero-order valence-electron chi connectivity index (χ0n) is 11.9. The lowest BCUT2D eigenvalue weighted by Gasteiger charge is -2.17. The van der Waals surface area contributed by atoms with E-state index in [0.29, 0.717) is 16.1 Å². The molecule has 2 unspecified atom stereocenters. The van der Waals surface area contributed by atoms with Crippen LogP contribution in [0.5, 0.6) is 0 Å². The van der Waals surface area contributed by atoms with Crippen LogP contribution in [0.2, 0.25) is 5.02 Å². The van der Waals surface area contributed by atoms with Crippen LogP contribution in [0.4, 0.5) is 5.69 Å². The van der Waals surface area contributed by atoms with Crippen molar-refractivity contribution >= 4 is 23.2 Å². The number of benzene rings is 2. The highest BCUT2D eigenvalue weighted by molar-refractivity contribution is 6.30. The number of rotatable bonds is 2. The van der Waals surface area contributed by atoms with E-state index in [0.717, 1.165) is 16.8 Å². The molecule has 2 aromatic rings. The van der Waals surface area contributed by atoms with Crippen LogP contribution < -0.4 is 5.32 Å². The molecule has 4 heteroatoms. The Morgan fingerprint density at radius 2 is 2.05 bits per heavy atom. The van der Waals surface area contributed by atoms with Gasteiger partial charge in [-0.2, -0.15) is 0 Å². The van der Waals surface area contributed by atoms with E-state index in [9.17, 15) is 9.90 Å². The van der Waals surface area contributed by atoms with Crippen molar-refractivity contribution < 1.29 is 9.90 Å². The van der Waals surface area contributed by atoms with Crippen molar-refractivity contribution in [2.75, 3.05) is 5.32 Å². The predicted octanol–water partition coefficient (Wildman–Crippen LogP) is 3.79. The van der Waals surface area contributed by atoms with Gasteiger partial charge in [0.25, 0.3) is 0 Å². The second kappa shape index (κ2) is 5.17.